The van der Waals surface area contributed by atoms with E-state index in [0.29, 0.717) is 25.0 Å². The number of likely N-dealkylation sites (N-methyl/N-ethyl adjacent to an activating group) is 1. The summed E-state index contributed by atoms with van der Waals surface area (Å²) in [5.74, 6) is 0.226. The fraction of sp³-hybridized carbons (Fsp3) is 0.611. The molecule has 0 spiro atoms. The molecule has 2 aliphatic rings. The normalized spacial score (nSPS) is 23.5. The van der Waals surface area contributed by atoms with Crippen LogP contribution in [-0.2, 0) is 4.79 Å². The summed E-state index contributed by atoms with van der Waals surface area (Å²) in [6.45, 7) is 1.47. The first-order chi connectivity index (χ1) is 10.6. The van der Waals surface area contributed by atoms with E-state index in [-0.39, 0.29) is 5.91 Å². The molecule has 0 radical (unpaired) electrons. The largest absolute Gasteiger partial charge is 0.388 e. The van der Waals surface area contributed by atoms with Crippen molar-refractivity contribution in [2.45, 2.75) is 50.3 Å². The molecule has 0 unspecified atom stereocenters. The van der Waals surface area contributed by atoms with E-state index in [1.54, 1.807) is 0 Å². The Bertz CT molecular complexity index is 501. The van der Waals surface area contributed by atoms with Gasteiger partial charge < -0.3 is 10.0 Å². The zero-order chi connectivity index (χ0) is 15.5. The van der Waals surface area contributed by atoms with Crippen LogP contribution in [0.5, 0.6) is 0 Å². The zero-order valence-electron chi connectivity index (χ0n) is 13.3. The monoisotopic (exact) mass is 302 g/mol. The van der Waals surface area contributed by atoms with Gasteiger partial charge in [0.15, 0.2) is 0 Å². The number of carbonyl (C=O) groups excluding carboxylic acids is 1. The molecule has 120 valence electrons. The van der Waals surface area contributed by atoms with Gasteiger partial charge in [-0.15, -0.1) is 0 Å². The highest BCUT2D eigenvalue weighted by atomic mass is 16.3. The van der Waals surface area contributed by atoms with Gasteiger partial charge >= 0.3 is 0 Å². The SMILES string of the molecule is CN(C(=O)CN1CCC[C@H]1C[C@@H](O)c1ccccc1)C1CC1. The van der Waals surface area contributed by atoms with Gasteiger partial charge in [0.2, 0.25) is 5.91 Å². The molecule has 4 heteroatoms. The van der Waals surface area contributed by atoms with Gasteiger partial charge in [-0.1, -0.05) is 30.3 Å². The van der Waals surface area contributed by atoms with Crippen LogP contribution in [0.2, 0.25) is 0 Å². The van der Waals surface area contributed by atoms with Crippen LogP contribution in [0.3, 0.4) is 0 Å². The van der Waals surface area contributed by atoms with Crippen LogP contribution in [0.15, 0.2) is 30.3 Å². The molecule has 1 aromatic carbocycles. The van der Waals surface area contributed by atoms with Crippen LogP contribution >= 0.6 is 0 Å². The molecule has 1 N–H and O–H groups in total. The molecule has 4 nitrogen and oxygen atoms in total. The summed E-state index contributed by atoms with van der Waals surface area (Å²) in [5, 5.41) is 10.4. The van der Waals surface area contributed by atoms with Crippen molar-refractivity contribution in [3.05, 3.63) is 35.9 Å². The summed E-state index contributed by atoms with van der Waals surface area (Å²) in [7, 11) is 1.92. The van der Waals surface area contributed by atoms with Crippen LogP contribution in [0.1, 0.15) is 43.8 Å². The van der Waals surface area contributed by atoms with Crippen molar-refractivity contribution in [2.75, 3.05) is 20.1 Å². The summed E-state index contributed by atoms with van der Waals surface area (Å²) >= 11 is 0. The minimum absolute atomic E-state index is 0.226. The van der Waals surface area contributed by atoms with Gasteiger partial charge in [0, 0.05) is 19.1 Å². The molecule has 1 saturated carbocycles. The second-order valence-electron chi connectivity index (χ2n) is 6.66. The van der Waals surface area contributed by atoms with Crippen molar-refractivity contribution in [2.24, 2.45) is 0 Å². The van der Waals surface area contributed by atoms with E-state index >= 15 is 0 Å². The number of hydrogen-bond acceptors (Lipinski definition) is 3. The molecule has 1 amide bonds. The van der Waals surface area contributed by atoms with Crippen molar-refractivity contribution in [3.63, 3.8) is 0 Å². The van der Waals surface area contributed by atoms with E-state index in [1.807, 2.05) is 42.3 Å². The number of likely N-dealkylation sites (tertiary alicyclic amines) is 1. The van der Waals surface area contributed by atoms with Crippen LogP contribution in [-0.4, -0.2) is 53.0 Å². The number of carbonyl (C=O) groups is 1. The van der Waals surface area contributed by atoms with Crippen molar-refractivity contribution in [1.29, 1.82) is 0 Å². The quantitative estimate of drug-likeness (QED) is 0.876. The Kier molecular flexibility index (Phi) is 4.79. The van der Waals surface area contributed by atoms with Crippen molar-refractivity contribution in [1.82, 2.24) is 9.80 Å². The summed E-state index contributed by atoms with van der Waals surface area (Å²) in [6.07, 6.45) is 4.76. The van der Waals surface area contributed by atoms with Gasteiger partial charge in [0.1, 0.15) is 0 Å². The first kappa shape index (κ1) is 15.5. The first-order valence-electron chi connectivity index (χ1n) is 8.38. The third kappa shape index (κ3) is 3.68. The van der Waals surface area contributed by atoms with Gasteiger partial charge in [-0.25, -0.2) is 0 Å². The smallest absolute Gasteiger partial charge is 0.236 e. The summed E-state index contributed by atoms with van der Waals surface area (Å²) < 4.78 is 0. The van der Waals surface area contributed by atoms with E-state index < -0.39 is 6.10 Å². The molecule has 2 atom stereocenters. The molecule has 1 heterocycles. The summed E-state index contributed by atoms with van der Waals surface area (Å²) in [4.78, 5) is 16.5. The van der Waals surface area contributed by atoms with Crippen molar-refractivity contribution >= 4 is 5.91 Å². The standard InChI is InChI=1S/C18H26N2O2/c1-19(15-9-10-15)18(22)13-20-11-5-8-16(20)12-17(21)14-6-3-2-4-7-14/h2-4,6-7,15-17,21H,5,8-13H2,1H3/t16-,17+/m0/s1. The zero-order valence-corrected chi connectivity index (χ0v) is 13.3. The fourth-order valence-corrected chi connectivity index (χ4v) is 3.39. The Morgan fingerprint density at radius 1 is 1.32 bits per heavy atom. The highest BCUT2D eigenvalue weighted by molar-refractivity contribution is 5.78. The molecular weight excluding hydrogens is 276 g/mol. The van der Waals surface area contributed by atoms with Gasteiger partial charge in [-0.05, 0) is 44.2 Å². The Hall–Kier alpha value is -1.39. The second-order valence-corrected chi connectivity index (χ2v) is 6.66. The average Bonchev–Trinajstić information content (AvgIpc) is 3.30. The molecule has 1 aromatic rings. The third-order valence-electron chi connectivity index (χ3n) is 5.01. The van der Waals surface area contributed by atoms with Gasteiger partial charge in [-0.3, -0.25) is 9.69 Å². The Morgan fingerprint density at radius 3 is 2.73 bits per heavy atom. The maximum Gasteiger partial charge on any atom is 0.236 e. The van der Waals surface area contributed by atoms with Crippen molar-refractivity contribution in [3.8, 4) is 0 Å². The lowest BCUT2D eigenvalue weighted by molar-refractivity contribution is -0.132. The van der Waals surface area contributed by atoms with E-state index in [2.05, 4.69) is 4.90 Å². The number of aliphatic hydroxyl groups excluding tert-OH is 1. The molecule has 1 saturated heterocycles. The van der Waals surface area contributed by atoms with E-state index in [9.17, 15) is 9.90 Å². The van der Waals surface area contributed by atoms with Gasteiger partial charge in [0.25, 0.3) is 0 Å². The van der Waals surface area contributed by atoms with E-state index in [4.69, 9.17) is 0 Å². The summed E-state index contributed by atoms with van der Waals surface area (Å²) in [6, 6.07) is 10.6. The predicted octanol–water partition coefficient (Wildman–Crippen LogP) is 2.20. The predicted molar refractivity (Wildman–Crippen MR) is 86.4 cm³/mol. The average molecular weight is 302 g/mol. The first-order valence-corrected chi connectivity index (χ1v) is 8.38. The molecule has 1 aliphatic carbocycles. The number of hydrogen-bond donors (Lipinski definition) is 1. The molecule has 0 bridgehead atoms. The fourth-order valence-electron chi connectivity index (χ4n) is 3.39. The molecule has 0 aromatic heterocycles. The van der Waals surface area contributed by atoms with Gasteiger partial charge in [0.05, 0.1) is 12.6 Å². The lowest BCUT2D eigenvalue weighted by Gasteiger charge is -2.28. The number of benzene rings is 1. The highest BCUT2D eigenvalue weighted by Crippen LogP contribution is 2.29. The molecule has 22 heavy (non-hydrogen) atoms. The second kappa shape index (κ2) is 6.80. The van der Waals surface area contributed by atoms with Gasteiger partial charge in [-0.2, -0.15) is 0 Å². The van der Waals surface area contributed by atoms with E-state index in [1.165, 1.54) is 0 Å². The van der Waals surface area contributed by atoms with Crippen LogP contribution in [0.4, 0.5) is 0 Å². The maximum absolute atomic E-state index is 12.3. The number of amides is 1. The highest BCUT2D eigenvalue weighted by Gasteiger charge is 2.33. The molecular formula is C18H26N2O2. The maximum atomic E-state index is 12.3. The lowest BCUT2D eigenvalue weighted by atomic mass is 10.0. The van der Waals surface area contributed by atoms with Crippen LogP contribution in [0.25, 0.3) is 0 Å². The topological polar surface area (TPSA) is 43.8 Å². The Labute approximate surface area is 132 Å². The molecule has 3 rings (SSSR count). The van der Waals surface area contributed by atoms with Crippen molar-refractivity contribution < 1.29 is 9.90 Å². The Balaban J connectivity index is 1.55. The van der Waals surface area contributed by atoms with Crippen LogP contribution < -0.4 is 0 Å². The minimum atomic E-state index is -0.442. The third-order valence-corrected chi connectivity index (χ3v) is 5.01. The molecule has 1 aliphatic heterocycles. The van der Waals surface area contributed by atoms with Crippen LogP contribution in [0, 0.1) is 0 Å². The molecule has 2 fully saturated rings. The number of aliphatic hydroxyl groups is 1. The Morgan fingerprint density at radius 2 is 2.05 bits per heavy atom. The number of rotatable bonds is 6. The summed E-state index contributed by atoms with van der Waals surface area (Å²) in [5.41, 5.74) is 0.968. The minimum Gasteiger partial charge on any atom is -0.388 e. The lowest BCUT2D eigenvalue weighted by Crippen LogP contribution is -2.41. The number of nitrogens with zero attached hydrogens (tertiary/aromatic N) is 2. The van der Waals surface area contributed by atoms with E-state index in [0.717, 1.165) is 37.8 Å².